The molecule has 0 radical (unpaired) electrons. The van der Waals surface area contributed by atoms with Crippen molar-refractivity contribution in [2.75, 3.05) is 19.6 Å². The van der Waals surface area contributed by atoms with Crippen LogP contribution in [-0.2, 0) is 24.0 Å². The minimum absolute atomic E-state index is 0.0710. The summed E-state index contributed by atoms with van der Waals surface area (Å²) >= 11 is 0. The largest absolute Gasteiger partial charge is 0.481 e. The van der Waals surface area contributed by atoms with Crippen molar-refractivity contribution < 1.29 is 29.1 Å². The molecule has 0 aliphatic carbocycles. The summed E-state index contributed by atoms with van der Waals surface area (Å²) in [5.41, 5.74) is 0. The third-order valence-corrected chi connectivity index (χ3v) is 4.72. The highest BCUT2D eigenvalue weighted by atomic mass is 16.4. The van der Waals surface area contributed by atoms with E-state index in [1.807, 2.05) is 13.8 Å². The molecule has 3 amide bonds. The molecule has 0 bridgehead atoms. The predicted molar refractivity (Wildman–Crippen MR) is 116 cm³/mol. The highest BCUT2D eigenvalue weighted by Gasteiger charge is 2.23. The Balaban J connectivity index is 4.34. The van der Waals surface area contributed by atoms with Crippen LogP contribution in [0.4, 0.5) is 0 Å². The van der Waals surface area contributed by atoms with Gasteiger partial charge in [-0.3, -0.25) is 24.0 Å². The molecule has 31 heavy (non-hydrogen) atoms. The van der Waals surface area contributed by atoms with E-state index in [9.17, 15) is 24.0 Å². The van der Waals surface area contributed by atoms with Gasteiger partial charge in [0, 0.05) is 24.9 Å². The zero-order chi connectivity index (χ0) is 23.8. The van der Waals surface area contributed by atoms with Gasteiger partial charge >= 0.3 is 5.97 Å². The Labute approximate surface area is 184 Å². The molecule has 1 unspecified atom stereocenters. The molecule has 2 atom stereocenters. The Kier molecular flexibility index (Phi) is 14.9. The van der Waals surface area contributed by atoms with Gasteiger partial charge in [0.15, 0.2) is 5.78 Å². The number of aliphatic carboxylic acids is 1. The van der Waals surface area contributed by atoms with Crippen molar-refractivity contribution in [1.29, 1.82) is 0 Å². The maximum atomic E-state index is 12.4. The number of carboxylic acid groups (broad SMARTS) is 1. The summed E-state index contributed by atoms with van der Waals surface area (Å²) in [6.45, 7) is 7.76. The lowest BCUT2D eigenvalue weighted by Gasteiger charge is -2.20. The standard InChI is InChI=1S/C21H38N4O6/c1-5-15(4)23-12-18(27)24-13-19(28)25-16(21(31)14(2)3)8-6-7-11-22-17(26)9-10-20(29)30/h14-16,23H,5-13H2,1-4H3,(H,22,26)(H,24,27)(H,25,28)(H,29,30)/t15?,16-/m0/s1. The first kappa shape index (κ1) is 28.5. The molecule has 0 aromatic carbocycles. The molecule has 0 saturated heterocycles. The van der Waals surface area contributed by atoms with Gasteiger partial charge in [0.2, 0.25) is 17.7 Å². The van der Waals surface area contributed by atoms with Crippen molar-refractivity contribution in [3.8, 4) is 0 Å². The number of rotatable bonds is 17. The minimum Gasteiger partial charge on any atom is -0.481 e. The first-order chi connectivity index (χ1) is 14.6. The number of carbonyl (C=O) groups excluding carboxylic acids is 4. The summed E-state index contributed by atoms with van der Waals surface area (Å²) in [6, 6.07) is -0.458. The fourth-order valence-corrected chi connectivity index (χ4v) is 2.60. The highest BCUT2D eigenvalue weighted by molar-refractivity contribution is 5.92. The van der Waals surface area contributed by atoms with E-state index >= 15 is 0 Å². The van der Waals surface area contributed by atoms with Crippen LogP contribution in [0.15, 0.2) is 0 Å². The fourth-order valence-electron chi connectivity index (χ4n) is 2.60. The van der Waals surface area contributed by atoms with Crippen molar-refractivity contribution in [2.24, 2.45) is 5.92 Å². The highest BCUT2D eigenvalue weighted by Crippen LogP contribution is 2.08. The second-order valence-electron chi connectivity index (χ2n) is 7.88. The zero-order valence-corrected chi connectivity index (χ0v) is 19.1. The fraction of sp³-hybridized carbons (Fsp3) is 0.762. The Morgan fingerprint density at radius 1 is 0.839 bits per heavy atom. The lowest BCUT2D eigenvalue weighted by atomic mass is 9.97. The van der Waals surface area contributed by atoms with Crippen LogP contribution in [0.2, 0.25) is 0 Å². The number of nitrogens with one attached hydrogen (secondary N) is 4. The molecule has 0 aromatic rings. The third kappa shape index (κ3) is 15.0. The van der Waals surface area contributed by atoms with Gasteiger partial charge in [-0.1, -0.05) is 20.8 Å². The van der Waals surface area contributed by atoms with E-state index in [-0.39, 0.29) is 55.5 Å². The second-order valence-corrected chi connectivity index (χ2v) is 7.88. The molecule has 0 saturated carbocycles. The Morgan fingerprint density at radius 3 is 2.10 bits per heavy atom. The minimum atomic E-state index is -1.02. The summed E-state index contributed by atoms with van der Waals surface area (Å²) < 4.78 is 0. The average Bonchev–Trinajstić information content (AvgIpc) is 2.72. The molecular formula is C21H38N4O6. The molecule has 0 aliphatic heterocycles. The van der Waals surface area contributed by atoms with Crippen LogP contribution < -0.4 is 21.3 Å². The van der Waals surface area contributed by atoms with Gasteiger partial charge in [0.1, 0.15) is 0 Å². The van der Waals surface area contributed by atoms with Gasteiger partial charge < -0.3 is 26.4 Å². The van der Waals surface area contributed by atoms with E-state index in [1.54, 1.807) is 13.8 Å². The van der Waals surface area contributed by atoms with Crippen LogP contribution in [0.1, 0.15) is 66.2 Å². The number of Topliss-reactive ketones (excluding diaryl/α,β-unsaturated/α-hetero) is 1. The van der Waals surface area contributed by atoms with Crippen LogP contribution >= 0.6 is 0 Å². The molecule has 0 heterocycles. The molecule has 5 N–H and O–H groups in total. The summed E-state index contributed by atoms with van der Waals surface area (Å²) in [5, 5.41) is 19.4. The van der Waals surface area contributed by atoms with E-state index in [4.69, 9.17) is 5.11 Å². The van der Waals surface area contributed by atoms with Crippen molar-refractivity contribution >= 4 is 29.5 Å². The predicted octanol–water partition coefficient (Wildman–Crippen LogP) is 0.352. The molecule has 0 spiro atoms. The third-order valence-electron chi connectivity index (χ3n) is 4.72. The Bertz CT molecular complexity index is 609. The van der Waals surface area contributed by atoms with E-state index in [0.29, 0.717) is 25.8 Å². The van der Waals surface area contributed by atoms with Crippen LogP contribution in [0, 0.1) is 5.92 Å². The molecular weight excluding hydrogens is 404 g/mol. The molecule has 0 aromatic heterocycles. The SMILES string of the molecule is CCC(C)NCC(=O)NCC(=O)N[C@@H](CCCCNC(=O)CCC(=O)O)C(=O)C(C)C. The molecule has 178 valence electrons. The summed E-state index contributed by atoms with van der Waals surface area (Å²) in [6.07, 6.45) is 2.20. The maximum absolute atomic E-state index is 12.4. The molecule has 10 nitrogen and oxygen atoms in total. The Morgan fingerprint density at radius 2 is 1.52 bits per heavy atom. The van der Waals surface area contributed by atoms with Crippen molar-refractivity contribution in [1.82, 2.24) is 21.3 Å². The van der Waals surface area contributed by atoms with Gasteiger partial charge in [0.05, 0.1) is 25.6 Å². The topological polar surface area (TPSA) is 154 Å². The average molecular weight is 443 g/mol. The quantitative estimate of drug-likeness (QED) is 0.204. The number of ketones is 1. The monoisotopic (exact) mass is 442 g/mol. The van der Waals surface area contributed by atoms with Crippen LogP contribution in [0.25, 0.3) is 0 Å². The number of hydrogen-bond acceptors (Lipinski definition) is 6. The van der Waals surface area contributed by atoms with Gasteiger partial charge in [-0.25, -0.2) is 0 Å². The van der Waals surface area contributed by atoms with E-state index < -0.39 is 17.9 Å². The second kappa shape index (κ2) is 16.2. The molecule has 0 rings (SSSR count). The van der Waals surface area contributed by atoms with E-state index in [2.05, 4.69) is 21.3 Å². The molecule has 0 fully saturated rings. The number of amides is 3. The van der Waals surface area contributed by atoms with Crippen LogP contribution in [0.3, 0.4) is 0 Å². The zero-order valence-electron chi connectivity index (χ0n) is 19.1. The van der Waals surface area contributed by atoms with Crippen molar-refractivity contribution in [2.45, 2.75) is 78.3 Å². The number of carboxylic acids is 1. The number of unbranched alkanes of at least 4 members (excludes halogenated alkanes) is 1. The van der Waals surface area contributed by atoms with E-state index in [0.717, 1.165) is 6.42 Å². The summed E-state index contributed by atoms with van der Waals surface area (Å²) in [5.74, 6) is -2.43. The van der Waals surface area contributed by atoms with Crippen molar-refractivity contribution in [3.63, 3.8) is 0 Å². The number of hydrogen-bond donors (Lipinski definition) is 5. The molecule has 10 heteroatoms. The lowest BCUT2D eigenvalue weighted by Crippen LogP contribution is -2.48. The van der Waals surface area contributed by atoms with Crippen molar-refractivity contribution in [3.05, 3.63) is 0 Å². The normalized spacial score (nSPS) is 12.7. The first-order valence-corrected chi connectivity index (χ1v) is 10.9. The van der Waals surface area contributed by atoms with Crippen LogP contribution in [-0.4, -0.2) is 66.3 Å². The van der Waals surface area contributed by atoms with Crippen LogP contribution in [0.5, 0.6) is 0 Å². The number of carbonyl (C=O) groups is 5. The van der Waals surface area contributed by atoms with Gasteiger partial charge in [-0.15, -0.1) is 0 Å². The smallest absolute Gasteiger partial charge is 0.303 e. The van der Waals surface area contributed by atoms with Gasteiger partial charge in [0.25, 0.3) is 0 Å². The summed E-state index contributed by atoms with van der Waals surface area (Å²) in [7, 11) is 0. The lowest BCUT2D eigenvalue weighted by molar-refractivity contribution is -0.138. The first-order valence-electron chi connectivity index (χ1n) is 10.9. The Hall–Kier alpha value is -2.49. The molecule has 0 aliphatic rings. The van der Waals surface area contributed by atoms with Gasteiger partial charge in [-0.2, -0.15) is 0 Å². The maximum Gasteiger partial charge on any atom is 0.303 e. The van der Waals surface area contributed by atoms with E-state index in [1.165, 1.54) is 0 Å². The van der Waals surface area contributed by atoms with Gasteiger partial charge in [-0.05, 0) is 32.6 Å². The summed E-state index contributed by atoms with van der Waals surface area (Å²) in [4.78, 5) is 58.3.